The number of benzene rings is 2. The summed E-state index contributed by atoms with van der Waals surface area (Å²) in [7, 11) is 1.20. The zero-order chi connectivity index (χ0) is 18.7. The van der Waals surface area contributed by atoms with Gasteiger partial charge < -0.3 is 14.6 Å². The first-order valence-electron chi connectivity index (χ1n) is 7.68. The smallest absolute Gasteiger partial charge is 0.342 e. The Bertz CT molecular complexity index is 827. The van der Waals surface area contributed by atoms with Crippen LogP contribution in [0.5, 0.6) is 5.75 Å². The first-order chi connectivity index (χ1) is 11.8. The number of hydrogen-bond acceptors (Lipinski definition) is 5. The van der Waals surface area contributed by atoms with E-state index < -0.39 is 11.9 Å². The number of phenolic OH excluding ortho intramolecular Hbond substituents is 1. The van der Waals surface area contributed by atoms with Gasteiger partial charge in [-0.1, -0.05) is 29.8 Å². The summed E-state index contributed by atoms with van der Waals surface area (Å²) in [6.07, 6.45) is -0.346. The summed E-state index contributed by atoms with van der Waals surface area (Å²) in [5.41, 5.74) is 1.13. The average Bonchev–Trinajstić information content (AvgIpc) is 2.53. The van der Waals surface area contributed by atoms with E-state index in [1.165, 1.54) is 13.2 Å². The van der Waals surface area contributed by atoms with Crippen LogP contribution >= 0.6 is 11.6 Å². The number of methoxy groups -OCH3 is 1. The monoisotopic (exact) mass is 362 g/mol. The molecule has 0 aliphatic heterocycles. The normalized spacial score (nSPS) is 10.6. The van der Waals surface area contributed by atoms with Crippen LogP contribution in [0.25, 0.3) is 11.1 Å². The van der Waals surface area contributed by atoms with Crippen molar-refractivity contribution in [2.45, 2.75) is 26.9 Å². The van der Waals surface area contributed by atoms with E-state index in [2.05, 4.69) is 0 Å². The Morgan fingerprint density at radius 3 is 2.32 bits per heavy atom. The zero-order valence-corrected chi connectivity index (χ0v) is 15.2. The number of aryl methyl sites for hydroxylation is 1. The Hall–Kier alpha value is -2.53. The molecule has 0 heterocycles. The number of ether oxygens (including phenoxy) is 2. The molecule has 0 spiro atoms. The van der Waals surface area contributed by atoms with Crippen molar-refractivity contribution in [2.24, 2.45) is 0 Å². The third-order valence-electron chi connectivity index (χ3n) is 3.58. The molecule has 1 N–H and O–H groups in total. The standard InChI is InChI=1S/C19H19ClO5/c1-10(2)25-19(23)15-11(3)9-14(21)17(18(22)24-4)16(15)12-7-5-6-8-13(12)20/h5-10,21H,1-4H3. The summed E-state index contributed by atoms with van der Waals surface area (Å²) in [4.78, 5) is 24.9. The number of hydrogen-bond donors (Lipinski definition) is 1. The molecule has 0 radical (unpaired) electrons. The Balaban J connectivity index is 2.90. The first-order valence-corrected chi connectivity index (χ1v) is 8.06. The Labute approximate surface area is 151 Å². The van der Waals surface area contributed by atoms with Crippen LogP contribution in [0.1, 0.15) is 40.1 Å². The lowest BCUT2D eigenvalue weighted by molar-refractivity contribution is 0.0378. The van der Waals surface area contributed by atoms with Crippen molar-refractivity contribution in [3.8, 4) is 16.9 Å². The van der Waals surface area contributed by atoms with Crippen molar-refractivity contribution in [3.05, 3.63) is 52.0 Å². The summed E-state index contributed by atoms with van der Waals surface area (Å²) in [5.74, 6) is -1.67. The van der Waals surface area contributed by atoms with Gasteiger partial charge in [0.2, 0.25) is 0 Å². The van der Waals surface area contributed by atoms with E-state index in [9.17, 15) is 14.7 Å². The van der Waals surface area contributed by atoms with Gasteiger partial charge in [0.15, 0.2) is 0 Å². The molecule has 0 amide bonds. The van der Waals surface area contributed by atoms with E-state index >= 15 is 0 Å². The van der Waals surface area contributed by atoms with Gasteiger partial charge in [-0.25, -0.2) is 9.59 Å². The lowest BCUT2D eigenvalue weighted by atomic mass is 9.90. The average molecular weight is 363 g/mol. The molecule has 132 valence electrons. The van der Waals surface area contributed by atoms with E-state index in [-0.39, 0.29) is 28.5 Å². The lowest BCUT2D eigenvalue weighted by Gasteiger charge is -2.19. The Kier molecular flexibility index (Phi) is 5.69. The number of rotatable bonds is 4. The van der Waals surface area contributed by atoms with Gasteiger partial charge in [0, 0.05) is 16.1 Å². The van der Waals surface area contributed by atoms with E-state index in [1.807, 2.05) is 0 Å². The second-order valence-electron chi connectivity index (χ2n) is 5.76. The molecule has 6 heteroatoms. The highest BCUT2D eigenvalue weighted by Gasteiger charge is 2.29. The zero-order valence-electron chi connectivity index (χ0n) is 14.4. The fourth-order valence-corrected chi connectivity index (χ4v) is 2.81. The molecular formula is C19H19ClO5. The van der Waals surface area contributed by atoms with Crippen molar-refractivity contribution >= 4 is 23.5 Å². The summed E-state index contributed by atoms with van der Waals surface area (Å²) < 4.78 is 10.1. The highest BCUT2D eigenvalue weighted by Crippen LogP contribution is 2.39. The van der Waals surface area contributed by atoms with Crippen molar-refractivity contribution in [1.29, 1.82) is 0 Å². The molecule has 2 rings (SSSR count). The molecule has 5 nitrogen and oxygen atoms in total. The second-order valence-corrected chi connectivity index (χ2v) is 6.17. The molecule has 0 aromatic heterocycles. The number of phenols is 1. The maximum atomic E-state index is 12.7. The highest BCUT2D eigenvalue weighted by molar-refractivity contribution is 6.34. The summed E-state index contributed by atoms with van der Waals surface area (Å²) in [5, 5.41) is 10.6. The first kappa shape index (κ1) is 18.8. The van der Waals surface area contributed by atoms with Gasteiger partial charge in [-0.05, 0) is 38.5 Å². The molecule has 2 aromatic carbocycles. The van der Waals surface area contributed by atoms with Crippen LogP contribution in [-0.2, 0) is 9.47 Å². The Morgan fingerprint density at radius 1 is 1.12 bits per heavy atom. The maximum absolute atomic E-state index is 12.7. The van der Waals surface area contributed by atoms with E-state index in [4.69, 9.17) is 21.1 Å². The molecule has 0 atom stereocenters. The Morgan fingerprint density at radius 2 is 1.76 bits per heavy atom. The summed E-state index contributed by atoms with van der Waals surface area (Å²) in [6.45, 7) is 5.10. The van der Waals surface area contributed by atoms with Crippen LogP contribution in [-0.4, -0.2) is 30.3 Å². The number of aromatic hydroxyl groups is 1. The van der Waals surface area contributed by atoms with Crippen molar-refractivity contribution < 1.29 is 24.2 Å². The van der Waals surface area contributed by atoms with Crippen molar-refractivity contribution in [2.75, 3.05) is 7.11 Å². The van der Waals surface area contributed by atoms with Gasteiger partial charge in [0.05, 0.1) is 18.8 Å². The molecule has 0 aliphatic rings. The molecular weight excluding hydrogens is 344 g/mol. The number of esters is 2. The van der Waals surface area contributed by atoms with Gasteiger partial charge >= 0.3 is 11.9 Å². The van der Waals surface area contributed by atoms with Gasteiger partial charge in [-0.3, -0.25) is 0 Å². The SMILES string of the molecule is COC(=O)c1c(O)cc(C)c(C(=O)OC(C)C)c1-c1ccccc1Cl. The number of carbonyl (C=O) groups is 2. The number of halogens is 1. The van der Waals surface area contributed by atoms with Crippen LogP contribution in [0.3, 0.4) is 0 Å². The summed E-state index contributed by atoms with van der Waals surface area (Å²) in [6, 6.07) is 8.08. The van der Waals surface area contributed by atoms with Crippen molar-refractivity contribution in [3.63, 3.8) is 0 Å². The quantitative estimate of drug-likeness (QED) is 0.817. The van der Waals surface area contributed by atoms with Crippen LogP contribution in [0.15, 0.2) is 30.3 Å². The summed E-state index contributed by atoms with van der Waals surface area (Å²) >= 11 is 6.28. The number of carbonyl (C=O) groups excluding carboxylic acids is 2. The van der Waals surface area contributed by atoms with E-state index in [0.717, 1.165) is 0 Å². The minimum atomic E-state index is -0.772. The van der Waals surface area contributed by atoms with E-state index in [0.29, 0.717) is 16.1 Å². The molecule has 0 saturated carbocycles. The van der Waals surface area contributed by atoms with E-state index in [1.54, 1.807) is 45.0 Å². The molecule has 0 saturated heterocycles. The van der Waals surface area contributed by atoms with Gasteiger partial charge in [0.25, 0.3) is 0 Å². The predicted octanol–water partition coefficient (Wildman–Crippen LogP) is 4.37. The maximum Gasteiger partial charge on any atom is 0.342 e. The molecule has 2 aromatic rings. The topological polar surface area (TPSA) is 72.8 Å². The highest BCUT2D eigenvalue weighted by atomic mass is 35.5. The fraction of sp³-hybridized carbons (Fsp3) is 0.263. The van der Waals surface area contributed by atoms with Crippen LogP contribution in [0, 0.1) is 6.92 Å². The van der Waals surface area contributed by atoms with Crippen LogP contribution < -0.4 is 0 Å². The molecule has 0 bridgehead atoms. The largest absolute Gasteiger partial charge is 0.507 e. The fourth-order valence-electron chi connectivity index (χ4n) is 2.58. The third-order valence-corrected chi connectivity index (χ3v) is 3.91. The van der Waals surface area contributed by atoms with Gasteiger partial charge in [-0.2, -0.15) is 0 Å². The second kappa shape index (κ2) is 7.57. The molecule has 25 heavy (non-hydrogen) atoms. The lowest BCUT2D eigenvalue weighted by Crippen LogP contribution is -2.17. The molecule has 0 unspecified atom stereocenters. The minimum Gasteiger partial charge on any atom is -0.507 e. The van der Waals surface area contributed by atoms with Crippen LogP contribution in [0.2, 0.25) is 5.02 Å². The molecule has 0 aliphatic carbocycles. The minimum absolute atomic E-state index is 0.128. The van der Waals surface area contributed by atoms with Crippen molar-refractivity contribution in [1.82, 2.24) is 0 Å². The predicted molar refractivity (Wildman–Crippen MR) is 95.2 cm³/mol. The van der Waals surface area contributed by atoms with Crippen LogP contribution in [0.4, 0.5) is 0 Å². The third kappa shape index (κ3) is 3.77. The van der Waals surface area contributed by atoms with Gasteiger partial charge in [-0.15, -0.1) is 0 Å². The van der Waals surface area contributed by atoms with Gasteiger partial charge in [0.1, 0.15) is 11.3 Å². The molecule has 0 fully saturated rings.